The number of carbonyl (C=O) groups excluding carboxylic acids is 1. The molecule has 2 unspecified atom stereocenters. The second kappa shape index (κ2) is 6.12. The molecule has 0 spiro atoms. The van der Waals surface area contributed by atoms with Crippen molar-refractivity contribution < 1.29 is 13.2 Å². The molecule has 2 saturated heterocycles. The van der Waals surface area contributed by atoms with E-state index in [2.05, 4.69) is 5.32 Å². The molecule has 0 aromatic heterocycles. The van der Waals surface area contributed by atoms with E-state index in [0.717, 1.165) is 38.6 Å². The lowest BCUT2D eigenvalue weighted by atomic mass is 9.81. The summed E-state index contributed by atoms with van der Waals surface area (Å²) in [4.78, 5) is 12.5. The molecule has 116 valence electrons. The zero-order valence-corrected chi connectivity index (χ0v) is 13.3. The third-order valence-electron chi connectivity index (χ3n) is 4.66. The van der Waals surface area contributed by atoms with E-state index in [9.17, 15) is 13.2 Å². The van der Waals surface area contributed by atoms with Crippen molar-refractivity contribution in [1.29, 1.82) is 0 Å². The van der Waals surface area contributed by atoms with Crippen molar-refractivity contribution in [1.82, 2.24) is 9.62 Å². The van der Waals surface area contributed by atoms with Gasteiger partial charge >= 0.3 is 0 Å². The number of nitrogens with one attached hydrogen (secondary N) is 1. The van der Waals surface area contributed by atoms with Gasteiger partial charge in [-0.15, -0.1) is 0 Å². The summed E-state index contributed by atoms with van der Waals surface area (Å²) >= 11 is 0. The molecular formula is C14H26N2O3S. The van der Waals surface area contributed by atoms with Gasteiger partial charge in [0.1, 0.15) is 0 Å². The SMILES string of the molecule is CC1(C(=O)CC2CCCN(S(C)(=O)=O)C2)CCCCN1. The van der Waals surface area contributed by atoms with Crippen LogP contribution < -0.4 is 5.32 Å². The number of carbonyl (C=O) groups is 1. The van der Waals surface area contributed by atoms with E-state index in [4.69, 9.17) is 0 Å². The Morgan fingerprint density at radius 2 is 2.10 bits per heavy atom. The summed E-state index contributed by atoms with van der Waals surface area (Å²) in [5, 5.41) is 3.34. The minimum atomic E-state index is -3.13. The van der Waals surface area contributed by atoms with Crippen molar-refractivity contribution >= 4 is 15.8 Å². The van der Waals surface area contributed by atoms with Crippen LogP contribution in [0.3, 0.4) is 0 Å². The Kier molecular flexibility index (Phi) is 4.87. The van der Waals surface area contributed by atoms with Gasteiger partial charge in [-0.25, -0.2) is 12.7 Å². The summed E-state index contributed by atoms with van der Waals surface area (Å²) in [5.74, 6) is 0.420. The van der Waals surface area contributed by atoms with Crippen molar-refractivity contribution in [2.24, 2.45) is 5.92 Å². The van der Waals surface area contributed by atoms with Crippen molar-refractivity contribution in [3.05, 3.63) is 0 Å². The lowest BCUT2D eigenvalue weighted by Gasteiger charge is -2.36. The van der Waals surface area contributed by atoms with Gasteiger partial charge in [-0.05, 0) is 51.5 Å². The number of ketones is 1. The zero-order chi connectivity index (χ0) is 14.8. The molecule has 2 rings (SSSR count). The summed E-state index contributed by atoms with van der Waals surface area (Å²) < 4.78 is 24.7. The summed E-state index contributed by atoms with van der Waals surface area (Å²) in [6.45, 7) is 3.99. The van der Waals surface area contributed by atoms with E-state index in [1.165, 1.54) is 10.6 Å². The highest BCUT2D eigenvalue weighted by Crippen LogP contribution is 2.27. The Hall–Kier alpha value is -0.460. The number of Topliss-reactive ketones (excluding diaryl/α,β-unsaturated/α-hetero) is 1. The number of hydrogen-bond acceptors (Lipinski definition) is 4. The van der Waals surface area contributed by atoms with Crippen LogP contribution in [0.25, 0.3) is 0 Å². The number of sulfonamides is 1. The zero-order valence-electron chi connectivity index (χ0n) is 12.5. The molecule has 0 radical (unpaired) electrons. The topological polar surface area (TPSA) is 66.5 Å². The van der Waals surface area contributed by atoms with E-state index >= 15 is 0 Å². The summed E-state index contributed by atoms with van der Waals surface area (Å²) in [5.41, 5.74) is -0.397. The van der Waals surface area contributed by atoms with Crippen LogP contribution in [-0.4, -0.2) is 49.9 Å². The normalized spacial score (nSPS) is 33.0. The monoisotopic (exact) mass is 302 g/mol. The predicted molar refractivity (Wildman–Crippen MR) is 79.0 cm³/mol. The van der Waals surface area contributed by atoms with Gasteiger partial charge in [-0.3, -0.25) is 4.79 Å². The first kappa shape index (κ1) is 15.9. The highest BCUT2D eigenvalue weighted by Gasteiger charge is 2.36. The molecule has 6 heteroatoms. The molecule has 1 N–H and O–H groups in total. The number of rotatable bonds is 4. The van der Waals surface area contributed by atoms with Crippen LogP contribution in [-0.2, 0) is 14.8 Å². The lowest BCUT2D eigenvalue weighted by molar-refractivity contribution is -0.127. The summed E-state index contributed by atoms with van der Waals surface area (Å²) in [7, 11) is -3.13. The fraction of sp³-hybridized carbons (Fsp3) is 0.929. The highest BCUT2D eigenvalue weighted by molar-refractivity contribution is 7.88. The third-order valence-corrected chi connectivity index (χ3v) is 5.93. The van der Waals surface area contributed by atoms with E-state index in [1.54, 1.807) is 0 Å². The van der Waals surface area contributed by atoms with Gasteiger partial charge in [0.15, 0.2) is 5.78 Å². The Balaban J connectivity index is 1.94. The van der Waals surface area contributed by atoms with E-state index in [-0.39, 0.29) is 11.7 Å². The smallest absolute Gasteiger partial charge is 0.211 e. The van der Waals surface area contributed by atoms with Crippen LogP contribution >= 0.6 is 0 Å². The Morgan fingerprint density at radius 3 is 2.70 bits per heavy atom. The molecule has 0 amide bonds. The summed E-state index contributed by atoms with van der Waals surface area (Å²) in [6.07, 6.45) is 6.68. The van der Waals surface area contributed by atoms with Crippen LogP contribution in [0.1, 0.15) is 45.4 Å². The van der Waals surface area contributed by atoms with Crippen LogP contribution in [0.15, 0.2) is 0 Å². The van der Waals surface area contributed by atoms with E-state index in [1.807, 2.05) is 6.92 Å². The van der Waals surface area contributed by atoms with Gasteiger partial charge in [0.2, 0.25) is 10.0 Å². The quantitative estimate of drug-likeness (QED) is 0.846. The molecule has 2 aliphatic rings. The van der Waals surface area contributed by atoms with Crippen LogP contribution in [0.5, 0.6) is 0 Å². The molecule has 2 fully saturated rings. The minimum absolute atomic E-state index is 0.173. The molecule has 0 aromatic rings. The largest absolute Gasteiger partial charge is 0.305 e. The first-order valence-corrected chi connectivity index (χ1v) is 9.39. The third kappa shape index (κ3) is 3.80. The standard InChI is InChI=1S/C14H26N2O3S/c1-14(7-3-4-8-15-14)13(17)10-12-6-5-9-16(11-12)20(2,18)19/h12,15H,3-11H2,1-2H3. The van der Waals surface area contributed by atoms with Gasteiger partial charge in [0, 0.05) is 19.5 Å². The molecular weight excluding hydrogens is 276 g/mol. The highest BCUT2D eigenvalue weighted by atomic mass is 32.2. The van der Waals surface area contributed by atoms with Crippen molar-refractivity contribution in [3.63, 3.8) is 0 Å². The average molecular weight is 302 g/mol. The second-order valence-electron chi connectivity index (χ2n) is 6.47. The second-order valence-corrected chi connectivity index (χ2v) is 8.45. The molecule has 2 heterocycles. The van der Waals surface area contributed by atoms with Crippen molar-refractivity contribution in [2.75, 3.05) is 25.9 Å². The molecule has 5 nitrogen and oxygen atoms in total. The van der Waals surface area contributed by atoms with Crippen LogP contribution in [0.2, 0.25) is 0 Å². The Bertz CT molecular complexity index is 455. The molecule has 0 bridgehead atoms. The van der Waals surface area contributed by atoms with Gasteiger partial charge in [0.05, 0.1) is 11.8 Å². The fourth-order valence-electron chi connectivity index (χ4n) is 3.28. The van der Waals surface area contributed by atoms with Crippen molar-refractivity contribution in [2.45, 2.75) is 51.0 Å². The van der Waals surface area contributed by atoms with Crippen LogP contribution in [0, 0.1) is 5.92 Å². The maximum Gasteiger partial charge on any atom is 0.211 e. The molecule has 2 atom stereocenters. The molecule has 0 aliphatic carbocycles. The van der Waals surface area contributed by atoms with Crippen LogP contribution in [0.4, 0.5) is 0 Å². The number of nitrogens with zero attached hydrogens (tertiary/aromatic N) is 1. The van der Waals surface area contributed by atoms with Gasteiger partial charge in [-0.1, -0.05) is 0 Å². The maximum atomic E-state index is 12.5. The van der Waals surface area contributed by atoms with Gasteiger partial charge < -0.3 is 5.32 Å². The fourth-order valence-corrected chi connectivity index (χ4v) is 4.22. The predicted octanol–water partition coefficient (Wildman–Crippen LogP) is 1.15. The minimum Gasteiger partial charge on any atom is -0.305 e. The molecule has 2 aliphatic heterocycles. The molecule has 0 aromatic carbocycles. The first-order chi connectivity index (χ1) is 9.31. The Labute approximate surface area is 122 Å². The first-order valence-electron chi connectivity index (χ1n) is 7.55. The number of hydrogen-bond donors (Lipinski definition) is 1. The van der Waals surface area contributed by atoms with E-state index < -0.39 is 15.6 Å². The molecule has 0 saturated carbocycles. The average Bonchev–Trinajstić information content (AvgIpc) is 2.39. The number of piperidine rings is 2. The lowest BCUT2D eigenvalue weighted by Crippen LogP contribution is -2.53. The Morgan fingerprint density at radius 1 is 1.35 bits per heavy atom. The van der Waals surface area contributed by atoms with Crippen molar-refractivity contribution in [3.8, 4) is 0 Å². The maximum absolute atomic E-state index is 12.5. The summed E-state index contributed by atoms with van der Waals surface area (Å²) in [6, 6.07) is 0. The van der Waals surface area contributed by atoms with Gasteiger partial charge in [-0.2, -0.15) is 0 Å². The van der Waals surface area contributed by atoms with Gasteiger partial charge in [0.25, 0.3) is 0 Å². The molecule has 20 heavy (non-hydrogen) atoms. The van der Waals surface area contributed by atoms with E-state index in [0.29, 0.717) is 19.5 Å².